The number of aryl methyl sites for hydroxylation is 8. The van der Waals surface area contributed by atoms with Gasteiger partial charge < -0.3 is 0 Å². The molecule has 87 heavy (non-hydrogen) atoms. The van der Waals surface area contributed by atoms with Crippen molar-refractivity contribution in [2.24, 2.45) is 0 Å². The molecule has 10 rings (SSSR count). The summed E-state index contributed by atoms with van der Waals surface area (Å²) in [6.45, 7) is 13.8. The van der Waals surface area contributed by atoms with Gasteiger partial charge in [-0.15, -0.1) is 113 Å². The van der Waals surface area contributed by atoms with Gasteiger partial charge in [0.05, 0.1) is 0 Å². The smallest absolute Gasteiger partial charge is 0.0481 e. The van der Waals surface area contributed by atoms with Crippen LogP contribution in [0.3, 0.4) is 0 Å². The van der Waals surface area contributed by atoms with Gasteiger partial charge in [0.1, 0.15) is 0 Å². The maximum atomic E-state index is 2.58. The van der Waals surface area contributed by atoms with Crippen LogP contribution in [0.15, 0.2) is 97.1 Å². The first kappa shape index (κ1) is 66.9. The van der Waals surface area contributed by atoms with E-state index < -0.39 is 0 Å². The van der Waals surface area contributed by atoms with E-state index in [1.165, 1.54) is 284 Å². The molecule has 0 aromatic carbocycles. The molecule has 10 heterocycles. The minimum atomic E-state index is 1.14. The summed E-state index contributed by atoms with van der Waals surface area (Å²) in [4.78, 5) is 29.2. The van der Waals surface area contributed by atoms with Crippen LogP contribution in [0.5, 0.6) is 0 Å². The average Bonchev–Trinajstić information content (AvgIpc) is 2.10. The van der Waals surface area contributed by atoms with Crippen LogP contribution in [0, 0.1) is 13.8 Å². The summed E-state index contributed by atoms with van der Waals surface area (Å²) in [6.07, 6.45) is 40.3. The Labute approximate surface area is 565 Å². The standard InChI is InChI=1S/C77H96S10/c1-7-11-15-19-23-27-32-56-50-70(84-74(56)66-42-38-54(5)78-66)62-46-48-64(82-62)72-52-58(34-29-25-21-17-13-9-3)76(86-72)68-44-40-60(80-68)36-31-37-61-41-45-69(81-61)77-59(35-30-26-22-18-14-10-4)53-73(87-77)65-49-47-63(83-65)71-51-57(33-28-24-20-16-12-8-2)75(85-71)67-43-39-55(6)79-67/h38-53H,7-37H2,1-6H3. The Morgan fingerprint density at radius 1 is 0.207 bits per heavy atom. The van der Waals surface area contributed by atoms with Crippen LogP contribution >= 0.6 is 113 Å². The summed E-state index contributed by atoms with van der Waals surface area (Å²) < 4.78 is 0. The summed E-state index contributed by atoms with van der Waals surface area (Å²) in [7, 11) is 0. The molecular weight excluding hydrogens is 1250 g/mol. The minimum Gasteiger partial charge on any atom is -0.140 e. The molecule has 0 aliphatic rings. The molecule has 0 unspecified atom stereocenters. The third-order valence-electron chi connectivity index (χ3n) is 17.2. The number of rotatable bonds is 40. The molecule has 0 nitrogen and oxygen atoms in total. The molecule has 0 saturated carbocycles. The Morgan fingerprint density at radius 2 is 0.460 bits per heavy atom. The second-order valence-corrected chi connectivity index (χ2v) is 35.8. The van der Waals surface area contributed by atoms with Crippen LogP contribution in [0.4, 0.5) is 0 Å². The van der Waals surface area contributed by atoms with E-state index in [2.05, 4.69) is 184 Å². The molecule has 464 valence electrons. The Kier molecular flexibility index (Phi) is 27.0. The van der Waals surface area contributed by atoms with Crippen molar-refractivity contribution in [1.29, 1.82) is 0 Å². The third-order valence-corrected chi connectivity index (χ3v) is 29.8. The van der Waals surface area contributed by atoms with E-state index in [9.17, 15) is 0 Å². The number of unbranched alkanes of at least 4 members (excludes halogenated alkanes) is 20. The van der Waals surface area contributed by atoms with Crippen LogP contribution in [0.1, 0.15) is 230 Å². The van der Waals surface area contributed by atoms with Crippen molar-refractivity contribution >= 4 is 113 Å². The zero-order chi connectivity index (χ0) is 60.2. The molecule has 10 heteroatoms. The predicted molar refractivity (Wildman–Crippen MR) is 405 cm³/mol. The molecule has 0 radical (unpaired) electrons. The van der Waals surface area contributed by atoms with Gasteiger partial charge in [0.15, 0.2) is 0 Å². The van der Waals surface area contributed by atoms with Crippen molar-refractivity contribution in [3.05, 3.63) is 139 Å². The summed E-state index contributed by atoms with van der Waals surface area (Å²) in [5.74, 6) is 0. The van der Waals surface area contributed by atoms with Crippen molar-refractivity contribution in [3.8, 4) is 78.0 Å². The second kappa shape index (κ2) is 35.2. The lowest BCUT2D eigenvalue weighted by molar-refractivity contribution is 0.608. The van der Waals surface area contributed by atoms with E-state index in [4.69, 9.17) is 0 Å². The lowest BCUT2D eigenvalue weighted by Crippen LogP contribution is -1.86. The van der Waals surface area contributed by atoms with E-state index in [0.717, 1.165) is 12.8 Å². The highest BCUT2D eigenvalue weighted by atomic mass is 32.1. The minimum absolute atomic E-state index is 1.14. The van der Waals surface area contributed by atoms with Gasteiger partial charge in [-0.25, -0.2) is 0 Å². The SMILES string of the molecule is CCCCCCCCc1cc(-c2ccc(-c3cc(CCCCCCCC)c(-c4ccc(CCCc5ccc(-c6sc(-c7ccc(-c8cc(CCCCCCCC)c(-c9ccc(C)s9)s8)s7)cc6CCCCCCCC)s5)s4)s3)s2)sc1-c1ccc(C)s1. The second-order valence-electron chi connectivity index (χ2n) is 24.5. The molecule has 10 aromatic heterocycles. The predicted octanol–water partition coefficient (Wildman–Crippen LogP) is 30.0. The summed E-state index contributed by atoms with van der Waals surface area (Å²) in [5.41, 5.74) is 6.24. The van der Waals surface area contributed by atoms with Gasteiger partial charge in [-0.1, -0.05) is 156 Å². The molecule has 0 saturated heterocycles. The lowest BCUT2D eigenvalue weighted by atomic mass is 10.0. The maximum Gasteiger partial charge on any atom is 0.0481 e. The average molecular weight is 1340 g/mol. The van der Waals surface area contributed by atoms with Crippen LogP contribution in [0.2, 0.25) is 0 Å². The molecule has 0 amide bonds. The van der Waals surface area contributed by atoms with E-state index in [1.807, 2.05) is 68.0 Å². The van der Waals surface area contributed by atoms with Crippen molar-refractivity contribution in [2.75, 3.05) is 0 Å². The van der Waals surface area contributed by atoms with Crippen LogP contribution < -0.4 is 0 Å². The fraction of sp³-hybridized carbons (Fsp3) is 0.481. The van der Waals surface area contributed by atoms with Crippen molar-refractivity contribution in [2.45, 2.75) is 241 Å². The first-order valence-electron chi connectivity index (χ1n) is 33.8. The maximum absolute atomic E-state index is 2.58. The summed E-state index contributed by atoms with van der Waals surface area (Å²) in [5, 5.41) is 0. The fourth-order valence-electron chi connectivity index (χ4n) is 12.2. The van der Waals surface area contributed by atoms with Crippen molar-refractivity contribution in [3.63, 3.8) is 0 Å². The molecule has 0 fully saturated rings. The molecule has 0 aliphatic carbocycles. The van der Waals surface area contributed by atoms with Crippen molar-refractivity contribution in [1.82, 2.24) is 0 Å². The van der Waals surface area contributed by atoms with E-state index in [0.29, 0.717) is 0 Å². The summed E-state index contributed by atoms with van der Waals surface area (Å²) in [6, 6.07) is 39.1. The van der Waals surface area contributed by atoms with Gasteiger partial charge in [-0.3, -0.25) is 0 Å². The topological polar surface area (TPSA) is 0 Å². The normalized spacial score (nSPS) is 11.8. The quantitative estimate of drug-likeness (QED) is 0.0336. The molecule has 10 aromatic rings. The van der Waals surface area contributed by atoms with Crippen molar-refractivity contribution < 1.29 is 0 Å². The van der Waals surface area contributed by atoms with Gasteiger partial charge in [0, 0.05) is 97.5 Å². The first-order chi connectivity index (χ1) is 42.8. The number of thiophene rings is 10. The highest BCUT2D eigenvalue weighted by Crippen LogP contribution is 2.50. The highest BCUT2D eigenvalue weighted by molar-refractivity contribution is 7.31. The number of hydrogen-bond donors (Lipinski definition) is 0. The van der Waals surface area contributed by atoms with Gasteiger partial charge in [-0.05, 0) is 204 Å². The van der Waals surface area contributed by atoms with E-state index in [-0.39, 0.29) is 0 Å². The fourth-order valence-corrected chi connectivity index (χ4v) is 23.8. The molecule has 0 aliphatic heterocycles. The van der Waals surface area contributed by atoms with Gasteiger partial charge in [-0.2, -0.15) is 0 Å². The van der Waals surface area contributed by atoms with Gasteiger partial charge >= 0.3 is 0 Å². The highest BCUT2D eigenvalue weighted by Gasteiger charge is 2.22. The van der Waals surface area contributed by atoms with Gasteiger partial charge in [0.25, 0.3) is 0 Å². The Morgan fingerprint density at radius 3 is 0.736 bits per heavy atom. The van der Waals surface area contributed by atoms with Crippen LogP contribution in [-0.4, -0.2) is 0 Å². The molecule has 0 bridgehead atoms. The van der Waals surface area contributed by atoms with Crippen LogP contribution in [0.25, 0.3) is 78.0 Å². The Hall–Kier alpha value is -3.00. The number of hydrogen-bond acceptors (Lipinski definition) is 10. The largest absolute Gasteiger partial charge is 0.140 e. The molecule has 0 spiro atoms. The molecule has 0 N–H and O–H groups in total. The third kappa shape index (κ3) is 19.1. The Balaban J connectivity index is 0.817. The molecule has 0 atom stereocenters. The first-order valence-corrected chi connectivity index (χ1v) is 42.0. The van der Waals surface area contributed by atoms with E-state index >= 15 is 0 Å². The van der Waals surface area contributed by atoms with E-state index in [1.54, 1.807) is 22.3 Å². The van der Waals surface area contributed by atoms with Crippen LogP contribution in [-0.2, 0) is 38.5 Å². The zero-order valence-electron chi connectivity index (χ0n) is 53.2. The monoisotopic (exact) mass is 1340 g/mol. The molecular formula is C77H96S10. The lowest BCUT2D eigenvalue weighted by Gasteiger charge is -2.03. The Bertz CT molecular complexity index is 3350. The van der Waals surface area contributed by atoms with Gasteiger partial charge in [0.2, 0.25) is 0 Å². The summed E-state index contributed by atoms with van der Waals surface area (Å²) >= 11 is 20.2. The zero-order valence-corrected chi connectivity index (χ0v) is 61.4.